The standard InChI is InChI=1S/C14H22S/c1-3-7-12(2)10-11-14(15)13-8-5-4-6-9-13/h4-6,8-9,12,14-15H,3,7,10-11H2,1-2H3. The van der Waals surface area contributed by atoms with E-state index in [0.717, 1.165) is 5.92 Å². The molecule has 1 heteroatoms. The first kappa shape index (κ1) is 12.6. The molecule has 1 aromatic carbocycles. The number of hydrogen-bond acceptors (Lipinski definition) is 1. The van der Waals surface area contributed by atoms with Crippen molar-refractivity contribution < 1.29 is 0 Å². The van der Waals surface area contributed by atoms with E-state index in [9.17, 15) is 0 Å². The lowest BCUT2D eigenvalue weighted by molar-refractivity contribution is 0.468. The highest BCUT2D eigenvalue weighted by atomic mass is 32.1. The van der Waals surface area contributed by atoms with E-state index in [0.29, 0.717) is 5.25 Å². The summed E-state index contributed by atoms with van der Waals surface area (Å²) in [5, 5.41) is 0.408. The van der Waals surface area contributed by atoms with Gasteiger partial charge in [0.2, 0.25) is 0 Å². The summed E-state index contributed by atoms with van der Waals surface area (Å²) in [5.74, 6) is 0.841. The van der Waals surface area contributed by atoms with Crippen LogP contribution in [0.2, 0.25) is 0 Å². The summed E-state index contributed by atoms with van der Waals surface area (Å²) in [6.45, 7) is 4.60. The van der Waals surface area contributed by atoms with Crippen molar-refractivity contribution >= 4 is 12.6 Å². The highest BCUT2D eigenvalue weighted by molar-refractivity contribution is 7.80. The molecule has 0 heterocycles. The molecule has 2 unspecified atom stereocenters. The second-order valence-electron chi connectivity index (χ2n) is 4.40. The molecule has 0 aliphatic carbocycles. The molecule has 15 heavy (non-hydrogen) atoms. The normalized spacial score (nSPS) is 14.9. The summed E-state index contributed by atoms with van der Waals surface area (Å²) in [6, 6.07) is 10.6. The molecule has 0 aliphatic heterocycles. The summed E-state index contributed by atoms with van der Waals surface area (Å²) in [7, 11) is 0. The predicted octanol–water partition coefficient (Wildman–Crippen LogP) is 4.87. The van der Waals surface area contributed by atoms with Crippen LogP contribution in [0.4, 0.5) is 0 Å². The van der Waals surface area contributed by atoms with Gasteiger partial charge in [-0.2, -0.15) is 12.6 Å². The number of rotatable bonds is 6. The molecule has 0 bridgehead atoms. The van der Waals surface area contributed by atoms with Crippen molar-refractivity contribution in [2.24, 2.45) is 5.92 Å². The van der Waals surface area contributed by atoms with Crippen molar-refractivity contribution in [2.75, 3.05) is 0 Å². The molecule has 0 nitrogen and oxygen atoms in total. The number of thiol groups is 1. The zero-order valence-electron chi connectivity index (χ0n) is 9.82. The zero-order chi connectivity index (χ0) is 11.1. The smallest absolute Gasteiger partial charge is 0.0267 e. The Bertz CT molecular complexity index is 255. The lowest BCUT2D eigenvalue weighted by Crippen LogP contribution is -1.97. The van der Waals surface area contributed by atoms with Gasteiger partial charge in [-0.05, 0) is 24.3 Å². The fourth-order valence-electron chi connectivity index (χ4n) is 1.92. The molecule has 0 saturated heterocycles. The summed E-state index contributed by atoms with van der Waals surface area (Å²) in [6.07, 6.45) is 5.12. The van der Waals surface area contributed by atoms with E-state index in [1.54, 1.807) is 0 Å². The maximum atomic E-state index is 4.66. The molecule has 0 radical (unpaired) electrons. The first-order valence-corrected chi connectivity index (χ1v) is 6.48. The van der Waals surface area contributed by atoms with Crippen LogP contribution in [-0.4, -0.2) is 0 Å². The van der Waals surface area contributed by atoms with Crippen LogP contribution in [0.15, 0.2) is 30.3 Å². The Morgan fingerprint density at radius 3 is 2.33 bits per heavy atom. The summed E-state index contributed by atoms with van der Waals surface area (Å²) in [4.78, 5) is 0. The van der Waals surface area contributed by atoms with Gasteiger partial charge < -0.3 is 0 Å². The van der Waals surface area contributed by atoms with Gasteiger partial charge in [-0.3, -0.25) is 0 Å². The van der Waals surface area contributed by atoms with Gasteiger partial charge in [0.1, 0.15) is 0 Å². The van der Waals surface area contributed by atoms with Gasteiger partial charge >= 0.3 is 0 Å². The quantitative estimate of drug-likeness (QED) is 0.652. The first-order valence-electron chi connectivity index (χ1n) is 5.97. The molecule has 0 amide bonds. The van der Waals surface area contributed by atoms with Crippen molar-refractivity contribution in [3.05, 3.63) is 35.9 Å². The minimum absolute atomic E-state index is 0.408. The minimum atomic E-state index is 0.408. The predicted molar refractivity (Wildman–Crippen MR) is 71.5 cm³/mol. The molecule has 0 aliphatic rings. The molecule has 0 spiro atoms. The molecule has 0 fully saturated rings. The molecular weight excluding hydrogens is 200 g/mol. The van der Waals surface area contributed by atoms with Crippen molar-refractivity contribution in [2.45, 2.75) is 44.8 Å². The Morgan fingerprint density at radius 1 is 1.07 bits per heavy atom. The highest BCUT2D eigenvalue weighted by Crippen LogP contribution is 2.27. The molecule has 1 rings (SSSR count). The van der Waals surface area contributed by atoms with Gasteiger partial charge in [-0.1, -0.05) is 57.0 Å². The molecule has 1 aromatic rings. The fourth-order valence-corrected chi connectivity index (χ4v) is 2.24. The van der Waals surface area contributed by atoms with E-state index in [2.05, 4.69) is 56.8 Å². The first-order chi connectivity index (χ1) is 7.24. The Kier molecular flexibility index (Phi) is 5.85. The SMILES string of the molecule is CCCC(C)CCC(S)c1ccccc1. The summed E-state index contributed by atoms with van der Waals surface area (Å²) in [5.41, 5.74) is 1.35. The van der Waals surface area contributed by atoms with E-state index in [4.69, 9.17) is 0 Å². The van der Waals surface area contributed by atoms with Crippen LogP contribution >= 0.6 is 12.6 Å². The molecule has 0 aromatic heterocycles. The van der Waals surface area contributed by atoms with Crippen LogP contribution in [0.1, 0.15) is 50.3 Å². The van der Waals surface area contributed by atoms with E-state index in [1.165, 1.54) is 31.2 Å². The van der Waals surface area contributed by atoms with Gasteiger partial charge in [0.25, 0.3) is 0 Å². The van der Waals surface area contributed by atoms with Crippen LogP contribution in [0.25, 0.3) is 0 Å². The van der Waals surface area contributed by atoms with E-state index < -0.39 is 0 Å². The average molecular weight is 222 g/mol. The second-order valence-corrected chi connectivity index (χ2v) is 5.02. The van der Waals surface area contributed by atoms with Gasteiger partial charge in [0, 0.05) is 5.25 Å². The Morgan fingerprint density at radius 2 is 1.73 bits per heavy atom. The molecule has 2 atom stereocenters. The minimum Gasteiger partial charge on any atom is -0.171 e. The molecule has 0 saturated carbocycles. The third kappa shape index (κ3) is 4.74. The number of hydrogen-bond donors (Lipinski definition) is 1. The maximum absolute atomic E-state index is 4.66. The Hall–Kier alpha value is -0.430. The van der Waals surface area contributed by atoms with Crippen molar-refractivity contribution in [1.29, 1.82) is 0 Å². The lowest BCUT2D eigenvalue weighted by atomic mass is 9.97. The van der Waals surface area contributed by atoms with Crippen molar-refractivity contribution in [1.82, 2.24) is 0 Å². The lowest BCUT2D eigenvalue weighted by Gasteiger charge is -2.14. The van der Waals surface area contributed by atoms with E-state index >= 15 is 0 Å². The van der Waals surface area contributed by atoms with Gasteiger partial charge in [-0.25, -0.2) is 0 Å². The van der Waals surface area contributed by atoms with Crippen LogP contribution < -0.4 is 0 Å². The number of benzene rings is 1. The monoisotopic (exact) mass is 222 g/mol. The Balaban J connectivity index is 2.33. The average Bonchev–Trinajstić information content (AvgIpc) is 2.27. The van der Waals surface area contributed by atoms with Gasteiger partial charge in [0.05, 0.1) is 0 Å². The van der Waals surface area contributed by atoms with Gasteiger partial charge in [0.15, 0.2) is 0 Å². The Labute approximate surface area is 99.5 Å². The fraction of sp³-hybridized carbons (Fsp3) is 0.571. The topological polar surface area (TPSA) is 0 Å². The van der Waals surface area contributed by atoms with Crippen LogP contribution in [0.5, 0.6) is 0 Å². The second kappa shape index (κ2) is 6.95. The van der Waals surface area contributed by atoms with Gasteiger partial charge in [-0.15, -0.1) is 0 Å². The van der Waals surface area contributed by atoms with Crippen LogP contribution in [0.3, 0.4) is 0 Å². The molecule has 0 N–H and O–H groups in total. The van der Waals surface area contributed by atoms with E-state index in [1.807, 2.05) is 0 Å². The van der Waals surface area contributed by atoms with Crippen LogP contribution in [-0.2, 0) is 0 Å². The third-order valence-corrected chi connectivity index (χ3v) is 3.46. The third-order valence-electron chi connectivity index (χ3n) is 2.90. The molecular formula is C14H22S. The van der Waals surface area contributed by atoms with E-state index in [-0.39, 0.29) is 0 Å². The summed E-state index contributed by atoms with van der Waals surface area (Å²) < 4.78 is 0. The molecule has 84 valence electrons. The highest BCUT2D eigenvalue weighted by Gasteiger charge is 2.08. The van der Waals surface area contributed by atoms with Crippen molar-refractivity contribution in [3.63, 3.8) is 0 Å². The maximum Gasteiger partial charge on any atom is 0.0267 e. The largest absolute Gasteiger partial charge is 0.171 e. The van der Waals surface area contributed by atoms with Crippen molar-refractivity contribution in [3.8, 4) is 0 Å². The summed E-state index contributed by atoms with van der Waals surface area (Å²) >= 11 is 4.66. The zero-order valence-corrected chi connectivity index (χ0v) is 10.7. The van der Waals surface area contributed by atoms with Crippen LogP contribution in [0, 0.1) is 5.92 Å².